The van der Waals surface area contributed by atoms with Gasteiger partial charge >= 0.3 is 0 Å². The third kappa shape index (κ3) is 1.71. The molecule has 0 bridgehead atoms. The van der Waals surface area contributed by atoms with Crippen molar-refractivity contribution >= 4 is 38.9 Å². The fourth-order valence-corrected chi connectivity index (χ4v) is 2.29. The molecule has 0 fully saturated rings. The predicted octanol–water partition coefficient (Wildman–Crippen LogP) is 3.25. The Kier molecular flexibility index (Phi) is 3.14. The predicted molar refractivity (Wildman–Crippen MR) is 49.1 cm³/mol. The highest BCUT2D eigenvalue weighted by molar-refractivity contribution is 9.08. The number of nitrogens with zero attached hydrogens (tertiary/aromatic N) is 1. The Bertz CT molecular complexity index is 224. The van der Waals surface area contributed by atoms with Crippen LogP contribution >= 0.6 is 38.9 Å². The van der Waals surface area contributed by atoms with E-state index in [2.05, 4.69) is 27.8 Å². The van der Waals surface area contributed by atoms with Crippen LogP contribution in [0.2, 0.25) is 4.34 Å². The van der Waals surface area contributed by atoms with Crippen molar-refractivity contribution < 1.29 is 0 Å². The number of rotatable bonds is 2. The van der Waals surface area contributed by atoms with Gasteiger partial charge in [0.15, 0.2) is 0 Å². The number of hydrogen-bond donors (Lipinski definition) is 0. The molecule has 0 aliphatic rings. The van der Waals surface area contributed by atoms with Crippen LogP contribution in [-0.2, 0) is 11.8 Å². The van der Waals surface area contributed by atoms with Gasteiger partial charge in [-0.25, -0.2) is 4.98 Å². The van der Waals surface area contributed by atoms with Crippen LogP contribution in [0.3, 0.4) is 0 Å². The molecule has 10 heavy (non-hydrogen) atoms. The van der Waals surface area contributed by atoms with Crippen LogP contribution in [0.5, 0.6) is 0 Å². The molecule has 0 saturated carbocycles. The molecule has 0 radical (unpaired) electrons. The summed E-state index contributed by atoms with van der Waals surface area (Å²) in [6, 6.07) is 0. The lowest BCUT2D eigenvalue weighted by atomic mass is 10.4. The SMILES string of the molecule is CCc1nc(CBr)sc1Cl. The van der Waals surface area contributed by atoms with E-state index in [1.807, 2.05) is 0 Å². The smallest absolute Gasteiger partial charge is 0.116 e. The first-order chi connectivity index (χ1) is 4.77. The minimum absolute atomic E-state index is 0.803. The first-order valence-corrected chi connectivity index (χ1v) is 5.29. The van der Waals surface area contributed by atoms with Gasteiger partial charge in [0.05, 0.1) is 11.0 Å². The van der Waals surface area contributed by atoms with Crippen LogP contribution in [0.15, 0.2) is 0 Å². The first kappa shape index (κ1) is 8.50. The maximum atomic E-state index is 5.86. The van der Waals surface area contributed by atoms with Gasteiger partial charge < -0.3 is 0 Å². The fourth-order valence-electron chi connectivity index (χ4n) is 0.655. The summed E-state index contributed by atoms with van der Waals surface area (Å²) in [7, 11) is 0. The number of hydrogen-bond acceptors (Lipinski definition) is 2. The summed E-state index contributed by atoms with van der Waals surface area (Å²) in [5.74, 6) is 0. The average Bonchev–Trinajstić information content (AvgIpc) is 2.30. The molecule has 1 nitrogen and oxygen atoms in total. The molecule has 1 heterocycles. The molecule has 1 aromatic rings. The molecular weight excluding hydrogens is 233 g/mol. The number of aromatic nitrogens is 1. The third-order valence-corrected chi connectivity index (χ3v) is 3.38. The molecule has 0 amide bonds. The minimum atomic E-state index is 0.803. The minimum Gasteiger partial charge on any atom is -0.244 e. The van der Waals surface area contributed by atoms with E-state index in [-0.39, 0.29) is 0 Å². The van der Waals surface area contributed by atoms with Gasteiger partial charge in [0.1, 0.15) is 9.34 Å². The standard InChI is InChI=1S/C6H7BrClNS/c1-2-4-6(8)10-5(3-7)9-4/h2-3H2,1H3. The quantitative estimate of drug-likeness (QED) is 0.723. The van der Waals surface area contributed by atoms with Crippen molar-refractivity contribution in [2.45, 2.75) is 18.7 Å². The molecule has 56 valence electrons. The largest absolute Gasteiger partial charge is 0.244 e. The highest BCUT2D eigenvalue weighted by Gasteiger charge is 2.04. The van der Waals surface area contributed by atoms with Crippen LogP contribution < -0.4 is 0 Å². The van der Waals surface area contributed by atoms with E-state index < -0.39 is 0 Å². The average molecular weight is 241 g/mol. The van der Waals surface area contributed by atoms with E-state index >= 15 is 0 Å². The van der Waals surface area contributed by atoms with Crippen LogP contribution in [0.25, 0.3) is 0 Å². The normalized spacial score (nSPS) is 10.3. The van der Waals surface area contributed by atoms with Gasteiger partial charge in [-0.15, -0.1) is 11.3 Å². The lowest BCUT2D eigenvalue weighted by molar-refractivity contribution is 1.04. The molecule has 0 saturated heterocycles. The van der Waals surface area contributed by atoms with Crippen molar-refractivity contribution in [1.29, 1.82) is 0 Å². The number of thiazole rings is 1. The van der Waals surface area contributed by atoms with E-state index in [4.69, 9.17) is 11.6 Å². The number of aryl methyl sites for hydroxylation is 1. The van der Waals surface area contributed by atoms with Gasteiger partial charge in [-0.2, -0.15) is 0 Å². The monoisotopic (exact) mass is 239 g/mol. The molecule has 0 aliphatic heterocycles. The molecule has 0 atom stereocenters. The van der Waals surface area contributed by atoms with Crippen molar-refractivity contribution in [2.75, 3.05) is 0 Å². The summed E-state index contributed by atoms with van der Waals surface area (Å²) in [5.41, 5.74) is 1.01. The van der Waals surface area contributed by atoms with Gasteiger partial charge in [-0.1, -0.05) is 34.5 Å². The van der Waals surface area contributed by atoms with E-state index in [1.54, 1.807) is 11.3 Å². The summed E-state index contributed by atoms with van der Waals surface area (Å²) in [4.78, 5) is 4.29. The molecule has 0 aliphatic carbocycles. The molecule has 0 spiro atoms. The van der Waals surface area contributed by atoms with Gasteiger partial charge in [0.2, 0.25) is 0 Å². The van der Waals surface area contributed by atoms with Crippen LogP contribution in [0.1, 0.15) is 17.6 Å². The van der Waals surface area contributed by atoms with Crippen molar-refractivity contribution in [1.82, 2.24) is 4.98 Å². The summed E-state index contributed by atoms with van der Waals surface area (Å²) in [6.45, 7) is 2.05. The second-order valence-corrected chi connectivity index (χ2v) is 4.06. The summed E-state index contributed by atoms with van der Waals surface area (Å²) >= 11 is 10.7. The molecule has 0 N–H and O–H groups in total. The second kappa shape index (κ2) is 3.69. The highest BCUT2D eigenvalue weighted by atomic mass is 79.9. The Morgan fingerprint density at radius 1 is 1.70 bits per heavy atom. The second-order valence-electron chi connectivity index (χ2n) is 1.82. The maximum Gasteiger partial charge on any atom is 0.116 e. The Hall–Kier alpha value is 0.400. The van der Waals surface area contributed by atoms with E-state index in [0.29, 0.717) is 0 Å². The maximum absolute atomic E-state index is 5.86. The lowest BCUT2D eigenvalue weighted by Gasteiger charge is -1.84. The molecule has 0 aromatic carbocycles. The zero-order valence-corrected chi connectivity index (χ0v) is 8.68. The fraction of sp³-hybridized carbons (Fsp3) is 0.500. The van der Waals surface area contributed by atoms with Crippen LogP contribution in [-0.4, -0.2) is 4.98 Å². The topological polar surface area (TPSA) is 12.9 Å². The number of halogens is 2. The first-order valence-electron chi connectivity index (χ1n) is 2.98. The zero-order valence-electron chi connectivity index (χ0n) is 5.53. The summed E-state index contributed by atoms with van der Waals surface area (Å²) in [5, 5.41) is 1.86. The summed E-state index contributed by atoms with van der Waals surface area (Å²) in [6.07, 6.45) is 0.919. The Balaban J connectivity index is 2.92. The molecular formula is C6H7BrClNS. The molecule has 4 heteroatoms. The van der Waals surface area contributed by atoms with Crippen molar-refractivity contribution in [3.63, 3.8) is 0 Å². The van der Waals surface area contributed by atoms with Crippen molar-refractivity contribution in [3.05, 3.63) is 15.0 Å². The molecule has 1 aromatic heterocycles. The van der Waals surface area contributed by atoms with Crippen LogP contribution in [0, 0.1) is 0 Å². The highest BCUT2D eigenvalue weighted by Crippen LogP contribution is 2.25. The van der Waals surface area contributed by atoms with Gasteiger partial charge in [0, 0.05) is 0 Å². The Morgan fingerprint density at radius 3 is 2.70 bits per heavy atom. The molecule has 0 unspecified atom stereocenters. The van der Waals surface area contributed by atoms with E-state index in [0.717, 1.165) is 26.8 Å². The zero-order chi connectivity index (χ0) is 7.56. The van der Waals surface area contributed by atoms with Crippen molar-refractivity contribution in [2.24, 2.45) is 0 Å². The van der Waals surface area contributed by atoms with Crippen LogP contribution in [0.4, 0.5) is 0 Å². The Morgan fingerprint density at radius 2 is 2.40 bits per heavy atom. The lowest BCUT2D eigenvalue weighted by Crippen LogP contribution is -1.80. The summed E-state index contributed by atoms with van der Waals surface area (Å²) < 4.78 is 0.831. The van der Waals surface area contributed by atoms with Gasteiger partial charge in [-0.3, -0.25) is 0 Å². The number of alkyl halides is 1. The third-order valence-electron chi connectivity index (χ3n) is 1.14. The van der Waals surface area contributed by atoms with Crippen molar-refractivity contribution in [3.8, 4) is 0 Å². The van der Waals surface area contributed by atoms with E-state index in [9.17, 15) is 0 Å². The van der Waals surface area contributed by atoms with E-state index in [1.165, 1.54) is 0 Å². The molecule has 1 rings (SSSR count). The van der Waals surface area contributed by atoms with Gasteiger partial charge in [-0.05, 0) is 6.42 Å². The van der Waals surface area contributed by atoms with Gasteiger partial charge in [0.25, 0.3) is 0 Å². The Labute approximate surface area is 77.6 Å².